The molecule has 0 bridgehead atoms. The quantitative estimate of drug-likeness (QED) is 0.720. The maximum absolute atomic E-state index is 10.7. The van der Waals surface area contributed by atoms with Crippen molar-refractivity contribution in [1.82, 2.24) is 9.80 Å². The SMILES string of the molecule is CCN1CCCN(C)CC1CC(=O)O. The average Bonchev–Trinajstić information content (AvgIpc) is 2.26. The molecule has 0 spiro atoms. The van der Waals surface area contributed by atoms with Crippen molar-refractivity contribution in [1.29, 1.82) is 0 Å². The van der Waals surface area contributed by atoms with Crippen molar-refractivity contribution in [3.05, 3.63) is 0 Å². The molecule has 1 rings (SSSR count). The fraction of sp³-hybridized carbons (Fsp3) is 0.900. The predicted molar refractivity (Wildman–Crippen MR) is 55.4 cm³/mol. The molecule has 82 valence electrons. The van der Waals surface area contributed by atoms with Gasteiger partial charge in [-0.25, -0.2) is 0 Å². The summed E-state index contributed by atoms with van der Waals surface area (Å²) >= 11 is 0. The molecule has 14 heavy (non-hydrogen) atoms. The molecule has 0 aromatic carbocycles. The van der Waals surface area contributed by atoms with Crippen molar-refractivity contribution in [2.24, 2.45) is 0 Å². The lowest BCUT2D eigenvalue weighted by molar-refractivity contribution is -0.138. The van der Waals surface area contributed by atoms with E-state index in [-0.39, 0.29) is 12.5 Å². The topological polar surface area (TPSA) is 43.8 Å². The summed E-state index contributed by atoms with van der Waals surface area (Å²) in [4.78, 5) is 15.2. The van der Waals surface area contributed by atoms with Crippen LogP contribution in [-0.4, -0.2) is 60.1 Å². The van der Waals surface area contributed by atoms with Gasteiger partial charge in [0.2, 0.25) is 0 Å². The summed E-state index contributed by atoms with van der Waals surface area (Å²) < 4.78 is 0. The van der Waals surface area contributed by atoms with E-state index in [0.29, 0.717) is 0 Å². The largest absolute Gasteiger partial charge is 0.481 e. The molecule has 0 aromatic rings. The smallest absolute Gasteiger partial charge is 0.304 e. The minimum absolute atomic E-state index is 0.185. The Morgan fingerprint density at radius 2 is 2.21 bits per heavy atom. The molecule has 4 nitrogen and oxygen atoms in total. The Labute approximate surface area is 85.5 Å². The van der Waals surface area contributed by atoms with Crippen LogP contribution in [0.1, 0.15) is 19.8 Å². The Bertz CT molecular complexity index is 197. The summed E-state index contributed by atoms with van der Waals surface area (Å²) in [5, 5.41) is 8.81. The molecule has 1 unspecified atom stereocenters. The van der Waals surface area contributed by atoms with Crippen molar-refractivity contribution >= 4 is 5.97 Å². The highest BCUT2D eigenvalue weighted by atomic mass is 16.4. The van der Waals surface area contributed by atoms with Gasteiger partial charge in [0, 0.05) is 12.6 Å². The van der Waals surface area contributed by atoms with Crippen molar-refractivity contribution in [3.8, 4) is 0 Å². The lowest BCUT2D eigenvalue weighted by Crippen LogP contribution is -2.41. The number of carboxylic acid groups (broad SMARTS) is 1. The second kappa shape index (κ2) is 5.32. The molecule has 1 fully saturated rings. The van der Waals surface area contributed by atoms with Crippen LogP contribution in [0.15, 0.2) is 0 Å². The van der Waals surface area contributed by atoms with E-state index in [1.54, 1.807) is 0 Å². The van der Waals surface area contributed by atoms with Crippen molar-refractivity contribution in [3.63, 3.8) is 0 Å². The molecular formula is C10H20N2O2. The third kappa shape index (κ3) is 3.27. The van der Waals surface area contributed by atoms with Crippen LogP contribution in [0.25, 0.3) is 0 Å². The third-order valence-corrected chi connectivity index (χ3v) is 2.84. The van der Waals surface area contributed by atoms with Crippen LogP contribution >= 0.6 is 0 Å². The van der Waals surface area contributed by atoms with Crippen molar-refractivity contribution < 1.29 is 9.90 Å². The van der Waals surface area contributed by atoms with Crippen LogP contribution in [0.4, 0.5) is 0 Å². The van der Waals surface area contributed by atoms with Gasteiger partial charge in [0.05, 0.1) is 6.42 Å². The summed E-state index contributed by atoms with van der Waals surface area (Å²) in [6, 6.07) is 0.185. The average molecular weight is 200 g/mol. The fourth-order valence-corrected chi connectivity index (χ4v) is 2.10. The summed E-state index contributed by atoms with van der Waals surface area (Å²) in [5.41, 5.74) is 0. The van der Waals surface area contributed by atoms with Crippen LogP contribution in [0.3, 0.4) is 0 Å². The second-order valence-corrected chi connectivity index (χ2v) is 4.00. The van der Waals surface area contributed by atoms with E-state index in [9.17, 15) is 4.79 Å². The molecule has 4 heteroatoms. The highest BCUT2D eigenvalue weighted by Gasteiger charge is 2.23. The number of hydrogen-bond donors (Lipinski definition) is 1. The number of carboxylic acids is 1. The van der Waals surface area contributed by atoms with Gasteiger partial charge in [-0.05, 0) is 33.1 Å². The Kier molecular flexibility index (Phi) is 4.35. The first-order valence-corrected chi connectivity index (χ1v) is 5.28. The van der Waals surface area contributed by atoms with E-state index >= 15 is 0 Å². The minimum Gasteiger partial charge on any atom is -0.481 e. The number of aliphatic carboxylic acids is 1. The highest BCUT2D eigenvalue weighted by Crippen LogP contribution is 2.11. The summed E-state index contributed by atoms with van der Waals surface area (Å²) in [7, 11) is 2.06. The van der Waals surface area contributed by atoms with Crippen LogP contribution < -0.4 is 0 Å². The molecule has 0 saturated carbocycles. The van der Waals surface area contributed by atoms with Gasteiger partial charge in [0.1, 0.15) is 0 Å². The zero-order valence-corrected chi connectivity index (χ0v) is 9.07. The van der Waals surface area contributed by atoms with Gasteiger partial charge in [0.15, 0.2) is 0 Å². The number of hydrogen-bond acceptors (Lipinski definition) is 3. The molecule has 1 heterocycles. The van der Waals surface area contributed by atoms with Gasteiger partial charge in [-0.3, -0.25) is 9.69 Å². The lowest BCUT2D eigenvalue weighted by Gasteiger charge is -2.28. The van der Waals surface area contributed by atoms with Gasteiger partial charge >= 0.3 is 5.97 Å². The first-order chi connectivity index (χ1) is 6.63. The molecule has 1 saturated heterocycles. The van der Waals surface area contributed by atoms with Crippen LogP contribution in [0.2, 0.25) is 0 Å². The molecule has 1 atom stereocenters. The number of nitrogens with zero attached hydrogens (tertiary/aromatic N) is 2. The summed E-state index contributed by atoms with van der Waals surface area (Å²) in [6.07, 6.45) is 1.40. The Balaban J connectivity index is 2.57. The molecule has 0 aliphatic carbocycles. The van der Waals surface area contributed by atoms with Gasteiger partial charge in [0.25, 0.3) is 0 Å². The zero-order chi connectivity index (χ0) is 10.6. The van der Waals surface area contributed by atoms with Crippen molar-refractivity contribution in [2.45, 2.75) is 25.8 Å². The summed E-state index contributed by atoms with van der Waals surface area (Å²) in [5.74, 6) is -0.691. The van der Waals surface area contributed by atoms with E-state index in [4.69, 9.17) is 5.11 Å². The molecule has 0 aromatic heterocycles. The van der Waals surface area contributed by atoms with Gasteiger partial charge in [-0.15, -0.1) is 0 Å². The Hall–Kier alpha value is -0.610. The maximum Gasteiger partial charge on any atom is 0.304 e. The second-order valence-electron chi connectivity index (χ2n) is 4.00. The normalized spacial score (nSPS) is 26.0. The lowest BCUT2D eigenvalue weighted by atomic mass is 10.1. The molecule has 0 amide bonds. The third-order valence-electron chi connectivity index (χ3n) is 2.84. The Morgan fingerprint density at radius 1 is 1.50 bits per heavy atom. The first kappa shape index (κ1) is 11.5. The fourth-order valence-electron chi connectivity index (χ4n) is 2.10. The van der Waals surface area contributed by atoms with Gasteiger partial charge in [-0.2, -0.15) is 0 Å². The van der Waals surface area contributed by atoms with E-state index < -0.39 is 5.97 Å². The molecule has 1 aliphatic rings. The Morgan fingerprint density at radius 3 is 2.79 bits per heavy atom. The first-order valence-electron chi connectivity index (χ1n) is 5.28. The monoisotopic (exact) mass is 200 g/mol. The molecular weight excluding hydrogens is 180 g/mol. The van der Waals surface area contributed by atoms with Crippen LogP contribution in [-0.2, 0) is 4.79 Å². The van der Waals surface area contributed by atoms with E-state index in [1.165, 1.54) is 0 Å². The zero-order valence-electron chi connectivity index (χ0n) is 9.07. The number of likely N-dealkylation sites (N-methyl/N-ethyl adjacent to an activating group) is 2. The van der Waals surface area contributed by atoms with Gasteiger partial charge < -0.3 is 10.0 Å². The van der Waals surface area contributed by atoms with E-state index in [2.05, 4.69) is 23.8 Å². The molecule has 1 N–H and O–H groups in total. The van der Waals surface area contributed by atoms with Crippen molar-refractivity contribution in [2.75, 3.05) is 33.2 Å². The van der Waals surface area contributed by atoms with E-state index in [1.807, 2.05) is 0 Å². The standard InChI is InChI=1S/C10H20N2O2/c1-3-12-6-4-5-11(2)8-9(12)7-10(13)14/h9H,3-8H2,1-2H3,(H,13,14). The van der Waals surface area contributed by atoms with Gasteiger partial charge in [-0.1, -0.05) is 6.92 Å². The minimum atomic E-state index is -0.691. The number of carbonyl (C=O) groups is 1. The summed E-state index contributed by atoms with van der Waals surface area (Å²) in [6.45, 7) is 6.03. The number of rotatable bonds is 3. The van der Waals surface area contributed by atoms with Crippen LogP contribution in [0.5, 0.6) is 0 Å². The van der Waals surface area contributed by atoms with E-state index in [0.717, 1.165) is 32.6 Å². The molecule has 0 radical (unpaired) electrons. The highest BCUT2D eigenvalue weighted by molar-refractivity contribution is 5.67. The maximum atomic E-state index is 10.7. The predicted octanol–water partition coefficient (Wildman–Crippen LogP) is 0.487. The van der Waals surface area contributed by atoms with Crippen LogP contribution in [0, 0.1) is 0 Å². The molecule has 1 aliphatic heterocycles.